The van der Waals surface area contributed by atoms with Gasteiger partial charge in [0.2, 0.25) is 11.7 Å². The Balaban J connectivity index is 2.14. The molecule has 1 amide bonds. The molecule has 1 heterocycles. The van der Waals surface area contributed by atoms with Gasteiger partial charge in [0, 0.05) is 41.7 Å². The fourth-order valence-corrected chi connectivity index (χ4v) is 4.58. The van der Waals surface area contributed by atoms with E-state index in [9.17, 15) is 4.79 Å². The minimum atomic E-state index is -0.103. The first kappa shape index (κ1) is 19.2. The van der Waals surface area contributed by atoms with Gasteiger partial charge in [0.05, 0.1) is 27.4 Å². The molecule has 29 heavy (non-hydrogen) atoms. The lowest BCUT2D eigenvalue weighted by Gasteiger charge is -2.20. The van der Waals surface area contributed by atoms with E-state index in [0.29, 0.717) is 17.2 Å². The number of aromatic nitrogens is 1. The van der Waals surface area contributed by atoms with Gasteiger partial charge >= 0.3 is 0 Å². The van der Waals surface area contributed by atoms with Crippen LogP contribution in [0.5, 0.6) is 17.2 Å². The molecule has 0 fully saturated rings. The number of amides is 1. The van der Waals surface area contributed by atoms with Crippen LogP contribution in [0.15, 0.2) is 30.3 Å². The SMILES string of the molecule is COc1cc2c(c(OC)c1OC)-c1c(n(C)c3ccccc13)[C@@H](NC(C)=O)CC2. The fourth-order valence-electron chi connectivity index (χ4n) is 4.58. The maximum absolute atomic E-state index is 12.0. The third-order valence-corrected chi connectivity index (χ3v) is 5.72. The number of methoxy groups -OCH3 is 3. The number of nitrogens with zero attached hydrogens (tertiary/aromatic N) is 1. The number of benzene rings is 2. The van der Waals surface area contributed by atoms with Crippen LogP contribution < -0.4 is 19.5 Å². The lowest BCUT2D eigenvalue weighted by molar-refractivity contribution is -0.119. The lowest BCUT2D eigenvalue weighted by Crippen LogP contribution is -2.27. The standard InChI is InChI=1S/C23H26N2O4/c1-13(26)24-16-11-10-14-12-18(27-3)22(28-4)23(29-5)19(14)20-15-8-6-7-9-17(15)25(2)21(16)20/h6-9,12,16H,10-11H2,1-5H3,(H,24,26)/t16-/m0/s1. The molecule has 0 aliphatic heterocycles. The topological polar surface area (TPSA) is 61.7 Å². The van der Waals surface area contributed by atoms with Crippen molar-refractivity contribution in [2.75, 3.05) is 21.3 Å². The van der Waals surface area contributed by atoms with E-state index in [2.05, 4.69) is 22.0 Å². The number of nitrogens with one attached hydrogen (secondary N) is 1. The first-order valence-corrected chi connectivity index (χ1v) is 9.68. The molecule has 0 spiro atoms. The average molecular weight is 394 g/mol. The summed E-state index contributed by atoms with van der Waals surface area (Å²) in [7, 11) is 6.95. The highest BCUT2D eigenvalue weighted by Crippen LogP contribution is 2.52. The molecule has 0 unspecified atom stereocenters. The number of hydrogen-bond acceptors (Lipinski definition) is 4. The van der Waals surface area contributed by atoms with Gasteiger partial charge in [0.15, 0.2) is 11.5 Å². The van der Waals surface area contributed by atoms with Crippen molar-refractivity contribution in [2.45, 2.75) is 25.8 Å². The van der Waals surface area contributed by atoms with Gasteiger partial charge in [-0.05, 0) is 30.5 Å². The summed E-state index contributed by atoms with van der Waals surface area (Å²) in [6.07, 6.45) is 1.56. The molecule has 4 rings (SSSR count). The van der Waals surface area contributed by atoms with Crippen LogP contribution in [-0.4, -0.2) is 31.8 Å². The van der Waals surface area contributed by atoms with Crippen molar-refractivity contribution in [3.63, 3.8) is 0 Å². The molecule has 152 valence electrons. The van der Waals surface area contributed by atoms with Crippen molar-refractivity contribution < 1.29 is 19.0 Å². The maximum atomic E-state index is 12.0. The quantitative estimate of drug-likeness (QED) is 0.727. The van der Waals surface area contributed by atoms with Crippen molar-refractivity contribution >= 4 is 16.8 Å². The van der Waals surface area contributed by atoms with E-state index in [-0.39, 0.29) is 11.9 Å². The van der Waals surface area contributed by atoms with Crippen molar-refractivity contribution in [1.29, 1.82) is 0 Å². The number of para-hydroxylation sites is 1. The molecule has 1 aromatic heterocycles. The summed E-state index contributed by atoms with van der Waals surface area (Å²) in [4.78, 5) is 12.0. The van der Waals surface area contributed by atoms with Crippen LogP contribution in [0.25, 0.3) is 22.0 Å². The minimum Gasteiger partial charge on any atom is -0.493 e. The van der Waals surface area contributed by atoms with Crippen molar-refractivity contribution in [3.05, 3.63) is 41.6 Å². The van der Waals surface area contributed by atoms with Gasteiger partial charge in [-0.2, -0.15) is 0 Å². The van der Waals surface area contributed by atoms with E-state index in [4.69, 9.17) is 14.2 Å². The molecular weight excluding hydrogens is 368 g/mol. The van der Waals surface area contributed by atoms with Crippen molar-refractivity contribution in [3.8, 4) is 28.4 Å². The molecule has 6 heteroatoms. The number of rotatable bonds is 4. The number of fused-ring (bicyclic) bond motifs is 5. The van der Waals surface area contributed by atoms with Crippen LogP contribution in [0.1, 0.15) is 30.6 Å². The van der Waals surface area contributed by atoms with Gasteiger partial charge in [-0.15, -0.1) is 0 Å². The summed E-state index contributed by atoms with van der Waals surface area (Å²) in [5, 5.41) is 4.27. The summed E-state index contributed by atoms with van der Waals surface area (Å²) in [5.74, 6) is 1.83. The summed E-state index contributed by atoms with van der Waals surface area (Å²) >= 11 is 0. The fraction of sp³-hybridized carbons (Fsp3) is 0.348. The summed E-state index contributed by atoms with van der Waals surface area (Å²) in [6.45, 7) is 1.56. The predicted octanol–water partition coefficient (Wildman–Crippen LogP) is 3.99. The largest absolute Gasteiger partial charge is 0.493 e. The van der Waals surface area contributed by atoms with E-state index < -0.39 is 0 Å². The number of ether oxygens (including phenoxy) is 3. The number of aryl methyl sites for hydroxylation is 2. The second-order valence-electron chi connectivity index (χ2n) is 7.31. The molecule has 2 aromatic carbocycles. The lowest BCUT2D eigenvalue weighted by atomic mass is 9.95. The van der Waals surface area contributed by atoms with E-state index >= 15 is 0 Å². The van der Waals surface area contributed by atoms with Gasteiger partial charge in [-0.3, -0.25) is 4.79 Å². The normalized spacial score (nSPS) is 15.3. The Morgan fingerprint density at radius 2 is 1.79 bits per heavy atom. The molecule has 0 bridgehead atoms. The minimum absolute atomic E-state index is 0.0423. The summed E-state index contributed by atoms with van der Waals surface area (Å²) in [5.41, 5.74) is 5.38. The Hall–Kier alpha value is -3.15. The van der Waals surface area contributed by atoms with E-state index in [1.54, 1.807) is 28.3 Å². The number of hydrogen-bond donors (Lipinski definition) is 1. The van der Waals surface area contributed by atoms with E-state index in [0.717, 1.165) is 46.1 Å². The highest BCUT2D eigenvalue weighted by molar-refractivity contribution is 6.02. The molecular formula is C23H26N2O4. The van der Waals surface area contributed by atoms with Crippen LogP contribution in [-0.2, 0) is 18.3 Å². The van der Waals surface area contributed by atoms with Gasteiger partial charge in [-0.25, -0.2) is 0 Å². The Morgan fingerprint density at radius 1 is 1.07 bits per heavy atom. The smallest absolute Gasteiger partial charge is 0.217 e. The van der Waals surface area contributed by atoms with E-state index in [1.807, 2.05) is 25.2 Å². The third-order valence-electron chi connectivity index (χ3n) is 5.72. The Kier molecular flexibility index (Phi) is 4.86. The Labute approximate surface area is 170 Å². The molecule has 1 N–H and O–H groups in total. The van der Waals surface area contributed by atoms with Crippen molar-refractivity contribution in [2.24, 2.45) is 7.05 Å². The Morgan fingerprint density at radius 3 is 2.45 bits per heavy atom. The predicted molar refractivity (Wildman–Crippen MR) is 113 cm³/mol. The number of carbonyl (C=O) groups is 1. The second kappa shape index (κ2) is 7.35. The number of carbonyl (C=O) groups excluding carboxylic acids is 1. The first-order chi connectivity index (χ1) is 14.0. The Bertz CT molecular complexity index is 1100. The van der Waals surface area contributed by atoms with Crippen molar-refractivity contribution in [1.82, 2.24) is 9.88 Å². The third kappa shape index (κ3) is 2.90. The molecule has 0 saturated carbocycles. The highest BCUT2D eigenvalue weighted by atomic mass is 16.5. The van der Waals surface area contributed by atoms with E-state index in [1.165, 1.54) is 0 Å². The molecule has 1 aliphatic rings. The monoisotopic (exact) mass is 394 g/mol. The molecule has 3 aromatic rings. The summed E-state index contributed by atoms with van der Waals surface area (Å²) < 4.78 is 19.3. The molecule has 0 radical (unpaired) electrons. The van der Waals surface area contributed by atoms with Crippen LogP contribution in [0.4, 0.5) is 0 Å². The molecule has 1 aliphatic carbocycles. The van der Waals surface area contributed by atoms with Gasteiger partial charge in [0.1, 0.15) is 0 Å². The first-order valence-electron chi connectivity index (χ1n) is 9.68. The van der Waals surface area contributed by atoms with Crippen LogP contribution >= 0.6 is 0 Å². The van der Waals surface area contributed by atoms with Gasteiger partial charge in [-0.1, -0.05) is 18.2 Å². The zero-order chi connectivity index (χ0) is 20.7. The highest BCUT2D eigenvalue weighted by Gasteiger charge is 2.33. The average Bonchev–Trinajstić information content (AvgIpc) is 2.91. The van der Waals surface area contributed by atoms with Crippen LogP contribution in [0, 0.1) is 0 Å². The van der Waals surface area contributed by atoms with Gasteiger partial charge < -0.3 is 24.1 Å². The zero-order valence-electron chi connectivity index (χ0n) is 17.5. The zero-order valence-corrected chi connectivity index (χ0v) is 17.5. The van der Waals surface area contributed by atoms with Crippen LogP contribution in [0.2, 0.25) is 0 Å². The molecule has 0 saturated heterocycles. The van der Waals surface area contributed by atoms with Crippen LogP contribution in [0.3, 0.4) is 0 Å². The maximum Gasteiger partial charge on any atom is 0.217 e. The van der Waals surface area contributed by atoms with Gasteiger partial charge in [0.25, 0.3) is 0 Å². The summed E-state index contributed by atoms with van der Waals surface area (Å²) in [6, 6.07) is 10.2. The molecule has 6 nitrogen and oxygen atoms in total. The second-order valence-corrected chi connectivity index (χ2v) is 7.31. The molecule has 1 atom stereocenters.